The topological polar surface area (TPSA) is 61.8 Å². The molecule has 0 aromatic carbocycles. The van der Waals surface area contributed by atoms with Gasteiger partial charge >= 0.3 is 0 Å². The van der Waals surface area contributed by atoms with Crippen molar-refractivity contribution in [2.45, 2.75) is 39.5 Å². The predicted molar refractivity (Wildman–Crippen MR) is 107 cm³/mol. The van der Waals surface area contributed by atoms with Gasteiger partial charge < -0.3 is 20.3 Å². The van der Waals surface area contributed by atoms with Crippen LogP contribution in [-0.4, -0.2) is 57.4 Å². The lowest BCUT2D eigenvalue weighted by Gasteiger charge is -2.13. The summed E-state index contributed by atoms with van der Waals surface area (Å²) in [5.41, 5.74) is 1.16. The molecule has 1 aliphatic heterocycles. The maximum atomic E-state index is 5.61. The van der Waals surface area contributed by atoms with Gasteiger partial charge in [0.25, 0.3) is 0 Å². The van der Waals surface area contributed by atoms with Crippen molar-refractivity contribution < 1.29 is 4.74 Å². The molecule has 0 aliphatic carbocycles. The summed E-state index contributed by atoms with van der Waals surface area (Å²) in [5.74, 6) is 1.52. The molecule has 7 heteroatoms. The number of aromatic nitrogens is 1. The van der Waals surface area contributed by atoms with Crippen LogP contribution >= 0.6 is 11.3 Å². The fourth-order valence-corrected chi connectivity index (χ4v) is 3.57. The Morgan fingerprint density at radius 2 is 2.04 bits per heavy atom. The van der Waals surface area contributed by atoms with Gasteiger partial charge in [-0.1, -0.05) is 13.8 Å². The van der Waals surface area contributed by atoms with E-state index < -0.39 is 0 Å². The van der Waals surface area contributed by atoms with Crippen molar-refractivity contribution in [1.29, 1.82) is 0 Å². The SMILES string of the molecule is CN=C(NCCOCCC(C)C)NCCc1csc(N2CCCC2)n1. The van der Waals surface area contributed by atoms with Gasteiger partial charge in [0.05, 0.1) is 12.3 Å². The van der Waals surface area contributed by atoms with Gasteiger partial charge in [-0.15, -0.1) is 11.3 Å². The minimum atomic E-state index is 0.694. The Kier molecular flexibility index (Phi) is 9.04. The molecule has 0 spiro atoms. The van der Waals surface area contributed by atoms with Crippen molar-refractivity contribution in [2.75, 3.05) is 51.3 Å². The van der Waals surface area contributed by atoms with Crippen LogP contribution in [0.2, 0.25) is 0 Å². The molecular formula is C18H33N5OS. The summed E-state index contributed by atoms with van der Waals surface area (Å²) in [6.45, 7) is 9.87. The van der Waals surface area contributed by atoms with E-state index in [1.165, 1.54) is 18.0 Å². The normalized spacial score (nSPS) is 15.2. The van der Waals surface area contributed by atoms with Crippen molar-refractivity contribution in [3.05, 3.63) is 11.1 Å². The number of anilines is 1. The zero-order valence-corrected chi connectivity index (χ0v) is 16.7. The van der Waals surface area contributed by atoms with Crippen molar-refractivity contribution in [1.82, 2.24) is 15.6 Å². The van der Waals surface area contributed by atoms with Crippen LogP contribution in [0.15, 0.2) is 10.4 Å². The third kappa shape index (κ3) is 7.61. The number of ether oxygens (including phenoxy) is 1. The first-order valence-electron chi connectivity index (χ1n) is 9.40. The van der Waals surface area contributed by atoms with Gasteiger partial charge in [-0.25, -0.2) is 4.98 Å². The van der Waals surface area contributed by atoms with Crippen molar-refractivity contribution in [3.8, 4) is 0 Å². The highest BCUT2D eigenvalue weighted by atomic mass is 32.1. The maximum Gasteiger partial charge on any atom is 0.191 e. The van der Waals surface area contributed by atoms with E-state index in [1.807, 2.05) is 0 Å². The van der Waals surface area contributed by atoms with Gasteiger partial charge in [-0.3, -0.25) is 4.99 Å². The fourth-order valence-electron chi connectivity index (χ4n) is 2.66. The number of nitrogens with one attached hydrogen (secondary N) is 2. The first kappa shape index (κ1) is 20.0. The average Bonchev–Trinajstić information content (AvgIpc) is 3.27. The van der Waals surface area contributed by atoms with E-state index in [0.29, 0.717) is 12.5 Å². The Hall–Kier alpha value is -1.34. The van der Waals surface area contributed by atoms with Gasteiger partial charge in [0.15, 0.2) is 11.1 Å². The number of aliphatic imine (C=N–C) groups is 1. The molecule has 0 atom stereocenters. The second kappa shape index (κ2) is 11.3. The number of thiazole rings is 1. The van der Waals surface area contributed by atoms with E-state index in [2.05, 4.69) is 39.8 Å². The van der Waals surface area contributed by atoms with E-state index in [-0.39, 0.29) is 0 Å². The third-order valence-electron chi connectivity index (χ3n) is 4.19. The molecule has 142 valence electrons. The molecule has 2 heterocycles. The van der Waals surface area contributed by atoms with E-state index in [1.54, 1.807) is 18.4 Å². The van der Waals surface area contributed by atoms with Crippen molar-refractivity contribution in [3.63, 3.8) is 0 Å². The monoisotopic (exact) mass is 367 g/mol. The van der Waals surface area contributed by atoms with E-state index in [4.69, 9.17) is 9.72 Å². The maximum absolute atomic E-state index is 5.61. The van der Waals surface area contributed by atoms with Crippen LogP contribution in [0.1, 0.15) is 38.8 Å². The van der Waals surface area contributed by atoms with Gasteiger partial charge in [-0.05, 0) is 25.2 Å². The summed E-state index contributed by atoms with van der Waals surface area (Å²) in [7, 11) is 1.79. The summed E-state index contributed by atoms with van der Waals surface area (Å²) < 4.78 is 5.61. The molecular weight excluding hydrogens is 334 g/mol. The smallest absolute Gasteiger partial charge is 0.191 e. The van der Waals surface area contributed by atoms with Gasteiger partial charge in [0.1, 0.15) is 0 Å². The molecule has 2 rings (SSSR count). The van der Waals surface area contributed by atoms with E-state index >= 15 is 0 Å². The molecule has 0 bridgehead atoms. The summed E-state index contributed by atoms with van der Waals surface area (Å²) in [6, 6.07) is 0. The first-order valence-corrected chi connectivity index (χ1v) is 10.3. The minimum Gasteiger partial charge on any atom is -0.380 e. The molecule has 1 saturated heterocycles. The summed E-state index contributed by atoms with van der Waals surface area (Å²) in [6.07, 6.45) is 4.61. The number of hydrogen-bond acceptors (Lipinski definition) is 5. The highest BCUT2D eigenvalue weighted by Gasteiger charge is 2.15. The Labute approximate surface area is 156 Å². The largest absolute Gasteiger partial charge is 0.380 e. The van der Waals surface area contributed by atoms with Crippen LogP contribution in [0.3, 0.4) is 0 Å². The van der Waals surface area contributed by atoms with Crippen molar-refractivity contribution >= 4 is 22.4 Å². The zero-order chi connectivity index (χ0) is 17.9. The van der Waals surface area contributed by atoms with Crippen LogP contribution in [0.4, 0.5) is 5.13 Å². The lowest BCUT2D eigenvalue weighted by molar-refractivity contribution is 0.128. The average molecular weight is 368 g/mol. The van der Waals surface area contributed by atoms with Gasteiger partial charge in [0, 0.05) is 51.6 Å². The second-order valence-corrected chi connectivity index (χ2v) is 7.62. The molecule has 0 unspecified atom stereocenters. The number of hydrogen-bond donors (Lipinski definition) is 2. The molecule has 1 fully saturated rings. The number of rotatable bonds is 10. The molecule has 0 saturated carbocycles. The Morgan fingerprint density at radius 1 is 1.28 bits per heavy atom. The second-order valence-electron chi connectivity index (χ2n) is 6.79. The molecule has 0 amide bonds. The van der Waals surface area contributed by atoms with Crippen LogP contribution in [0, 0.1) is 5.92 Å². The number of nitrogens with zero attached hydrogens (tertiary/aromatic N) is 3. The number of guanidine groups is 1. The highest BCUT2D eigenvalue weighted by molar-refractivity contribution is 7.13. The Balaban J connectivity index is 1.58. The Bertz CT molecular complexity index is 511. The lowest BCUT2D eigenvalue weighted by atomic mass is 10.1. The Morgan fingerprint density at radius 3 is 2.76 bits per heavy atom. The summed E-state index contributed by atoms with van der Waals surface area (Å²) in [5, 5.41) is 9.97. The van der Waals surface area contributed by atoms with Gasteiger partial charge in [-0.2, -0.15) is 0 Å². The standard InChI is InChI=1S/C18H33N5OS/c1-15(2)7-12-24-13-9-21-17(19-3)20-8-6-16-14-25-18(22-16)23-10-4-5-11-23/h14-15H,4-13H2,1-3H3,(H2,19,20,21). The molecule has 0 radical (unpaired) electrons. The molecule has 1 aromatic heterocycles. The minimum absolute atomic E-state index is 0.694. The van der Waals surface area contributed by atoms with Crippen molar-refractivity contribution in [2.24, 2.45) is 10.9 Å². The van der Waals surface area contributed by atoms with Crippen LogP contribution in [-0.2, 0) is 11.2 Å². The van der Waals surface area contributed by atoms with Crippen LogP contribution in [0.5, 0.6) is 0 Å². The summed E-state index contributed by atoms with van der Waals surface area (Å²) in [4.78, 5) is 11.4. The van der Waals surface area contributed by atoms with Crippen LogP contribution < -0.4 is 15.5 Å². The fraction of sp³-hybridized carbons (Fsp3) is 0.778. The quantitative estimate of drug-likeness (QED) is 0.378. The molecule has 6 nitrogen and oxygen atoms in total. The van der Waals surface area contributed by atoms with Gasteiger partial charge in [0.2, 0.25) is 0 Å². The van der Waals surface area contributed by atoms with E-state index in [0.717, 1.165) is 57.3 Å². The highest BCUT2D eigenvalue weighted by Crippen LogP contribution is 2.24. The first-order chi connectivity index (χ1) is 12.2. The predicted octanol–water partition coefficient (Wildman–Crippen LogP) is 2.51. The zero-order valence-electron chi connectivity index (χ0n) is 15.9. The van der Waals surface area contributed by atoms with Crippen LogP contribution in [0.25, 0.3) is 0 Å². The molecule has 2 N–H and O–H groups in total. The van der Waals surface area contributed by atoms with E-state index in [9.17, 15) is 0 Å². The molecule has 1 aliphatic rings. The lowest BCUT2D eigenvalue weighted by Crippen LogP contribution is -2.39. The summed E-state index contributed by atoms with van der Waals surface area (Å²) >= 11 is 1.76. The third-order valence-corrected chi connectivity index (χ3v) is 5.14. The molecule has 1 aromatic rings. The molecule has 25 heavy (non-hydrogen) atoms.